The SMILES string of the molecule is CS(=O)(=O)ON1C(=O)C2C(C1=O)C1C3C(=O)N(OS(C)(=O)=O)C(=O)C3C21. The summed E-state index contributed by atoms with van der Waals surface area (Å²) in [5.41, 5.74) is 0. The predicted octanol–water partition coefficient (Wildman–Crippen LogP) is -2.77. The topological polar surface area (TPSA) is 161 Å². The average Bonchev–Trinajstić information content (AvgIpc) is 2.74. The lowest BCUT2D eigenvalue weighted by Gasteiger charge is -2.59. The Bertz CT molecular complexity index is 861. The number of amides is 4. The van der Waals surface area contributed by atoms with Gasteiger partial charge in [0, 0.05) is 0 Å². The van der Waals surface area contributed by atoms with Crippen LogP contribution in [0, 0.1) is 35.5 Å². The molecule has 0 spiro atoms. The standard InChI is InChI=1S/C12H12N2O10S2/c1-25(19,20)23-13-9(15)5-3-4(6(5)10(13)16)8-7(3)11(17)14(12(8)18)24-26(2,21)22/h3-8H,1-2H3. The van der Waals surface area contributed by atoms with E-state index in [2.05, 4.69) is 8.57 Å². The molecule has 0 aromatic carbocycles. The van der Waals surface area contributed by atoms with E-state index in [1.165, 1.54) is 0 Å². The lowest BCUT2D eigenvalue weighted by Crippen LogP contribution is -2.66. The van der Waals surface area contributed by atoms with E-state index in [0.29, 0.717) is 12.5 Å². The Balaban J connectivity index is 1.61. The summed E-state index contributed by atoms with van der Waals surface area (Å²) in [6.07, 6.45) is 1.34. The third-order valence-corrected chi connectivity index (χ3v) is 6.08. The van der Waals surface area contributed by atoms with Gasteiger partial charge in [-0.05, 0) is 11.8 Å². The molecule has 0 N–H and O–H groups in total. The molecule has 4 fully saturated rings. The summed E-state index contributed by atoms with van der Waals surface area (Å²) in [6.45, 7) is 0. The van der Waals surface area contributed by atoms with Gasteiger partial charge in [-0.15, -0.1) is 18.7 Å². The van der Waals surface area contributed by atoms with Gasteiger partial charge in [0.15, 0.2) is 0 Å². The molecule has 2 saturated carbocycles. The first-order chi connectivity index (χ1) is 11.8. The van der Waals surface area contributed by atoms with Crippen LogP contribution in [0.15, 0.2) is 0 Å². The Hall–Kier alpha value is -1.90. The van der Waals surface area contributed by atoms with E-state index < -0.39 is 79.4 Å². The molecule has 2 saturated heterocycles. The minimum atomic E-state index is -4.12. The maximum Gasteiger partial charge on any atom is 0.285 e. The molecule has 14 heteroatoms. The van der Waals surface area contributed by atoms with E-state index in [-0.39, 0.29) is 10.1 Å². The van der Waals surface area contributed by atoms with Gasteiger partial charge in [0.1, 0.15) is 0 Å². The van der Waals surface area contributed by atoms with E-state index in [1.807, 2.05) is 0 Å². The summed E-state index contributed by atoms with van der Waals surface area (Å²) >= 11 is 0. The monoisotopic (exact) mass is 408 g/mol. The van der Waals surface area contributed by atoms with E-state index in [9.17, 15) is 36.0 Å². The second-order valence-corrected chi connectivity index (χ2v) is 9.87. The van der Waals surface area contributed by atoms with Crippen molar-refractivity contribution in [3.63, 3.8) is 0 Å². The highest BCUT2D eigenvalue weighted by Crippen LogP contribution is 2.69. The molecule has 0 aromatic heterocycles. The van der Waals surface area contributed by atoms with Crippen molar-refractivity contribution in [1.29, 1.82) is 0 Å². The van der Waals surface area contributed by atoms with Crippen molar-refractivity contribution in [2.24, 2.45) is 35.5 Å². The summed E-state index contributed by atoms with van der Waals surface area (Å²) in [5.74, 6) is -8.84. The normalized spacial score (nSPS) is 38.7. The summed E-state index contributed by atoms with van der Waals surface area (Å²) in [5, 5.41) is 0.330. The number of hydrogen-bond donors (Lipinski definition) is 0. The highest BCUT2D eigenvalue weighted by atomic mass is 32.2. The second-order valence-electron chi connectivity index (χ2n) is 6.76. The number of rotatable bonds is 4. The molecule has 0 radical (unpaired) electrons. The van der Waals surface area contributed by atoms with Crippen molar-refractivity contribution in [2.75, 3.05) is 12.5 Å². The third kappa shape index (κ3) is 2.12. The third-order valence-electron chi connectivity index (χ3n) is 5.24. The minimum Gasteiger partial charge on any atom is -0.272 e. The van der Waals surface area contributed by atoms with Gasteiger partial charge in [-0.3, -0.25) is 19.2 Å². The molecule has 2 aliphatic heterocycles. The molecule has 4 unspecified atom stereocenters. The minimum absolute atomic E-state index is 0.165. The quantitative estimate of drug-likeness (QED) is 0.445. The lowest BCUT2D eigenvalue weighted by molar-refractivity contribution is -0.189. The molecular formula is C12H12N2O10S2. The zero-order valence-electron chi connectivity index (χ0n) is 13.3. The first-order valence-corrected chi connectivity index (χ1v) is 11.0. The van der Waals surface area contributed by atoms with Crippen LogP contribution in [-0.2, 0) is 48.0 Å². The number of hydrogen-bond acceptors (Lipinski definition) is 10. The average molecular weight is 408 g/mol. The zero-order valence-corrected chi connectivity index (χ0v) is 14.9. The molecule has 2 aliphatic carbocycles. The predicted molar refractivity (Wildman–Crippen MR) is 76.5 cm³/mol. The fraction of sp³-hybridized carbons (Fsp3) is 0.667. The molecule has 0 aromatic rings. The van der Waals surface area contributed by atoms with E-state index in [0.717, 1.165) is 0 Å². The van der Waals surface area contributed by atoms with Crippen molar-refractivity contribution in [1.82, 2.24) is 10.1 Å². The van der Waals surface area contributed by atoms with Crippen LogP contribution in [0.3, 0.4) is 0 Å². The summed E-state index contributed by atoms with van der Waals surface area (Å²) in [6, 6.07) is 0. The van der Waals surface area contributed by atoms with Crippen LogP contribution < -0.4 is 0 Å². The summed E-state index contributed by atoms with van der Waals surface area (Å²) in [7, 11) is -8.24. The molecule has 4 aliphatic rings. The van der Waals surface area contributed by atoms with Crippen LogP contribution in [-0.4, -0.2) is 63.1 Å². The zero-order chi connectivity index (χ0) is 19.3. The smallest absolute Gasteiger partial charge is 0.272 e. The molecule has 26 heavy (non-hydrogen) atoms. The Kier molecular flexibility index (Phi) is 3.28. The van der Waals surface area contributed by atoms with E-state index in [4.69, 9.17) is 0 Å². The van der Waals surface area contributed by atoms with Crippen molar-refractivity contribution < 1.29 is 44.6 Å². The van der Waals surface area contributed by atoms with Crippen LogP contribution in [0.25, 0.3) is 0 Å². The second kappa shape index (κ2) is 4.88. The molecule has 142 valence electrons. The van der Waals surface area contributed by atoms with Crippen molar-refractivity contribution in [2.45, 2.75) is 0 Å². The maximum absolute atomic E-state index is 12.3. The molecule has 4 amide bonds. The van der Waals surface area contributed by atoms with Crippen LogP contribution in [0.5, 0.6) is 0 Å². The van der Waals surface area contributed by atoms with Gasteiger partial charge in [-0.2, -0.15) is 16.8 Å². The molecule has 2 heterocycles. The number of carbonyl (C=O) groups excluding carboxylic acids is 4. The van der Waals surface area contributed by atoms with Crippen molar-refractivity contribution >= 4 is 43.9 Å². The van der Waals surface area contributed by atoms with Gasteiger partial charge in [0.25, 0.3) is 43.9 Å². The van der Waals surface area contributed by atoms with Gasteiger partial charge < -0.3 is 0 Å². The van der Waals surface area contributed by atoms with Crippen LogP contribution in [0.1, 0.15) is 0 Å². The molecule has 4 rings (SSSR count). The summed E-state index contributed by atoms with van der Waals surface area (Å²) < 4.78 is 53.7. The number of imide groups is 2. The Morgan fingerprint density at radius 1 is 0.615 bits per heavy atom. The molecule has 12 nitrogen and oxygen atoms in total. The van der Waals surface area contributed by atoms with Gasteiger partial charge >= 0.3 is 0 Å². The largest absolute Gasteiger partial charge is 0.285 e. The number of carbonyl (C=O) groups is 4. The molecule has 4 atom stereocenters. The number of nitrogens with zero attached hydrogens (tertiary/aromatic N) is 2. The Morgan fingerprint density at radius 3 is 1.04 bits per heavy atom. The highest BCUT2D eigenvalue weighted by Gasteiger charge is 2.81. The fourth-order valence-corrected chi connectivity index (χ4v) is 5.36. The van der Waals surface area contributed by atoms with E-state index >= 15 is 0 Å². The van der Waals surface area contributed by atoms with E-state index in [1.54, 1.807) is 0 Å². The van der Waals surface area contributed by atoms with Gasteiger partial charge in [0.05, 0.1) is 36.2 Å². The van der Waals surface area contributed by atoms with Crippen molar-refractivity contribution in [3.05, 3.63) is 0 Å². The van der Waals surface area contributed by atoms with Crippen molar-refractivity contribution in [3.8, 4) is 0 Å². The number of fused-ring (bicyclic) bond motifs is 7. The van der Waals surface area contributed by atoms with Crippen LogP contribution in [0.4, 0.5) is 0 Å². The van der Waals surface area contributed by atoms with Gasteiger partial charge in [0.2, 0.25) is 0 Å². The van der Waals surface area contributed by atoms with Gasteiger partial charge in [-0.25, -0.2) is 0 Å². The highest BCUT2D eigenvalue weighted by molar-refractivity contribution is 7.86. The Morgan fingerprint density at radius 2 is 0.846 bits per heavy atom. The first-order valence-electron chi connectivity index (χ1n) is 7.38. The molecule has 0 bridgehead atoms. The molecular weight excluding hydrogens is 396 g/mol. The number of hydroxylamine groups is 4. The first kappa shape index (κ1) is 17.5. The van der Waals surface area contributed by atoms with Crippen LogP contribution >= 0.6 is 0 Å². The summed E-state index contributed by atoms with van der Waals surface area (Å²) in [4.78, 5) is 49.2. The fourth-order valence-electron chi connectivity index (χ4n) is 4.52. The maximum atomic E-state index is 12.3. The lowest BCUT2D eigenvalue weighted by atomic mass is 9.39. The van der Waals surface area contributed by atoms with Gasteiger partial charge in [-0.1, -0.05) is 0 Å². The van der Waals surface area contributed by atoms with Crippen LogP contribution in [0.2, 0.25) is 0 Å². The Labute approximate surface area is 147 Å².